The summed E-state index contributed by atoms with van der Waals surface area (Å²) < 4.78 is 31.9. The molecule has 0 aliphatic carbocycles. The lowest BCUT2D eigenvalue weighted by Crippen LogP contribution is -2.36. The summed E-state index contributed by atoms with van der Waals surface area (Å²) in [5, 5.41) is 0. The Hall–Kier alpha value is 1.08. The van der Waals surface area contributed by atoms with Gasteiger partial charge in [0.15, 0.2) is 0 Å². The monoisotopic (exact) mass is 492 g/mol. The Labute approximate surface area is 198 Å². The van der Waals surface area contributed by atoms with Gasteiger partial charge in [-0.15, -0.1) is 0 Å². The van der Waals surface area contributed by atoms with Crippen molar-refractivity contribution >= 4 is 40.4 Å². The van der Waals surface area contributed by atoms with Crippen molar-refractivity contribution in [2.24, 2.45) is 0 Å². The summed E-state index contributed by atoms with van der Waals surface area (Å²) in [6.07, 6.45) is 5.40. The zero-order chi connectivity index (χ0) is 25.8. The van der Waals surface area contributed by atoms with Gasteiger partial charge in [-0.1, -0.05) is 153 Å². The molecule has 0 fully saturated rings. The Morgan fingerprint density at radius 3 is 0.759 bits per heavy atom. The fraction of sp³-hybridized carbons (Fsp3) is 1.00. The highest BCUT2D eigenvalue weighted by Gasteiger charge is 2.33. The molecule has 0 heterocycles. The van der Waals surface area contributed by atoms with E-state index in [1.54, 1.807) is 0 Å². The van der Waals surface area contributed by atoms with E-state index in [0.717, 1.165) is 0 Å². The second-order valence-corrected chi connectivity index (χ2v) is 37.9. The van der Waals surface area contributed by atoms with Gasteiger partial charge in [-0.25, -0.2) is 0 Å². The minimum atomic E-state index is -1.40. The maximum Gasteiger partial charge on any atom is 0.0535 e. The van der Waals surface area contributed by atoms with E-state index in [1.165, 1.54) is 74.0 Å². The van der Waals surface area contributed by atoms with Crippen molar-refractivity contribution < 1.29 is 5.48 Å². The lowest BCUT2D eigenvalue weighted by molar-refractivity contribution is 0.863. The largest absolute Gasteiger partial charge is 0.0695 e. The van der Waals surface area contributed by atoms with E-state index >= 15 is 0 Å². The van der Waals surface area contributed by atoms with Crippen LogP contribution in [0.5, 0.6) is 0 Å². The molecule has 0 aromatic heterocycles. The summed E-state index contributed by atoms with van der Waals surface area (Å²) >= 11 is 0. The third kappa shape index (κ3) is 19.5. The summed E-state index contributed by atoms with van der Waals surface area (Å²) in [5.41, 5.74) is 0. The van der Waals surface area contributed by atoms with E-state index < -0.39 is 40.4 Å². The molecule has 0 aliphatic heterocycles. The maximum absolute atomic E-state index is 7.98. The van der Waals surface area contributed by atoms with Crippen LogP contribution in [0.2, 0.25) is 127 Å². The molecule has 0 saturated heterocycles. The smallest absolute Gasteiger partial charge is 0.0535 e. The summed E-state index contributed by atoms with van der Waals surface area (Å²) in [6.45, 7) is 21.8. The molecule has 0 saturated carbocycles. The highest BCUT2D eigenvalue weighted by Crippen LogP contribution is 2.37. The second-order valence-electron chi connectivity index (χ2n) is 13.6. The van der Waals surface area contributed by atoms with Crippen LogP contribution in [0.4, 0.5) is 0 Å². The first-order valence-electron chi connectivity index (χ1n) is 15.1. The Morgan fingerprint density at radius 2 is 0.586 bits per heavy atom. The molecule has 0 aromatic carbocycles. The lowest BCUT2D eigenvalue weighted by Gasteiger charge is -2.35. The Morgan fingerprint density at radius 1 is 0.379 bits per heavy atom. The summed E-state index contributed by atoms with van der Waals surface area (Å²) in [6, 6.07) is 11.1. The van der Waals surface area contributed by atoms with Crippen LogP contribution in [0, 0.1) is 0 Å². The third-order valence-corrected chi connectivity index (χ3v) is 18.7. The zero-order valence-electron chi connectivity index (χ0n) is 25.8. The first kappa shape index (κ1) is 23.2. The van der Waals surface area contributed by atoms with E-state index in [-0.39, 0.29) is 0 Å². The first-order valence-corrected chi connectivity index (χ1v) is 28.7. The van der Waals surface area contributed by atoms with Crippen LogP contribution in [0.15, 0.2) is 0 Å². The molecular weight excluding hydrogens is 429 g/mol. The van der Waals surface area contributed by atoms with Crippen LogP contribution in [-0.2, 0) is 0 Å². The molecule has 0 atom stereocenters. The van der Waals surface area contributed by atoms with Gasteiger partial charge >= 0.3 is 0 Å². The number of hydrogen-bond donors (Lipinski definition) is 0. The minimum absolute atomic E-state index is 0.664. The fourth-order valence-electron chi connectivity index (χ4n) is 4.52. The molecule has 0 unspecified atom stereocenters. The van der Waals surface area contributed by atoms with Gasteiger partial charge in [-0.05, 0) is 0 Å². The van der Waals surface area contributed by atoms with Gasteiger partial charge in [0.25, 0.3) is 0 Å². The van der Waals surface area contributed by atoms with Crippen LogP contribution in [0.1, 0.15) is 31.2 Å². The van der Waals surface area contributed by atoms with Gasteiger partial charge in [0, 0.05) is 37.8 Å². The van der Waals surface area contributed by atoms with Crippen LogP contribution < -0.4 is 0 Å². The van der Waals surface area contributed by atoms with Crippen LogP contribution in [-0.4, -0.2) is 40.4 Å². The molecule has 0 bridgehead atoms. The molecule has 0 nitrogen and oxygen atoms in total. The molecule has 0 spiro atoms. The standard InChI is InChI=1S/C24H60Si5/c1-25(2,3)17-13-21-29(22-14-18-26(4,5)6,23-15-19-27(7,8)9)24-16-20-28(10,11)12/h13-24H2,1-12H3/i1D,4D,7D,10D. The van der Waals surface area contributed by atoms with E-state index in [9.17, 15) is 0 Å². The van der Waals surface area contributed by atoms with Crippen molar-refractivity contribution in [1.82, 2.24) is 0 Å². The third-order valence-electron chi connectivity index (χ3n) is 6.24. The molecule has 29 heavy (non-hydrogen) atoms. The second kappa shape index (κ2) is 12.4. The van der Waals surface area contributed by atoms with Crippen molar-refractivity contribution in [2.75, 3.05) is 0 Å². The SMILES string of the molecule is [2H]C[Si](C)(C)CCC[Si](CCC[Si](C)(C)C[2H])(CCC[Si](C)(C)C[2H])CCC[Si](C)(C)C[2H]. The van der Waals surface area contributed by atoms with Crippen molar-refractivity contribution in [1.29, 1.82) is 0 Å². The molecular formula is C24H60Si5. The van der Waals surface area contributed by atoms with Crippen LogP contribution >= 0.6 is 0 Å². The van der Waals surface area contributed by atoms with Gasteiger partial charge in [-0.2, -0.15) is 0 Å². The molecule has 0 aromatic rings. The quantitative estimate of drug-likeness (QED) is 0.188. The topological polar surface area (TPSA) is 0 Å². The Bertz CT molecular complexity index is 433. The van der Waals surface area contributed by atoms with Gasteiger partial charge in [-0.3, -0.25) is 0 Å². The number of hydrogen-bond acceptors (Lipinski definition) is 0. The molecule has 0 N–H and O–H groups in total. The lowest BCUT2D eigenvalue weighted by atomic mass is 10.5. The molecule has 0 rings (SSSR count). The van der Waals surface area contributed by atoms with Crippen molar-refractivity contribution in [2.45, 2.75) is 153 Å². The molecule has 5 heteroatoms. The van der Waals surface area contributed by atoms with E-state index in [4.69, 9.17) is 5.48 Å². The van der Waals surface area contributed by atoms with Gasteiger partial charge in [0.2, 0.25) is 0 Å². The Kier molecular flexibility index (Phi) is 9.91. The highest BCUT2D eigenvalue weighted by molar-refractivity contribution is 6.81. The van der Waals surface area contributed by atoms with E-state index in [1.807, 2.05) is 0 Å². The average molecular weight is 493 g/mol. The van der Waals surface area contributed by atoms with Gasteiger partial charge < -0.3 is 0 Å². The number of rotatable bonds is 16. The van der Waals surface area contributed by atoms with Crippen molar-refractivity contribution in [3.05, 3.63) is 0 Å². The van der Waals surface area contributed by atoms with Crippen LogP contribution in [0.25, 0.3) is 0 Å². The summed E-state index contributed by atoms with van der Waals surface area (Å²) in [7, 11) is -6.77. The van der Waals surface area contributed by atoms with E-state index in [0.29, 0.717) is 26.1 Å². The fourth-order valence-corrected chi connectivity index (χ4v) is 15.7. The van der Waals surface area contributed by atoms with Gasteiger partial charge in [0.05, 0.1) is 8.07 Å². The van der Waals surface area contributed by atoms with E-state index in [2.05, 4.69) is 52.4 Å². The molecule has 176 valence electrons. The molecule has 0 aliphatic rings. The maximum atomic E-state index is 7.98. The predicted octanol–water partition coefficient (Wildman–Crippen LogP) is 10.3. The first-order chi connectivity index (χ1) is 15.1. The van der Waals surface area contributed by atoms with Crippen LogP contribution in [0.3, 0.4) is 0 Å². The zero-order valence-corrected chi connectivity index (χ0v) is 26.8. The Balaban J connectivity index is 5.51. The van der Waals surface area contributed by atoms with Crippen molar-refractivity contribution in [3.63, 3.8) is 0 Å². The van der Waals surface area contributed by atoms with Gasteiger partial charge in [0.1, 0.15) is 0 Å². The molecule has 0 radical (unpaired) electrons. The highest BCUT2D eigenvalue weighted by atomic mass is 28.3. The predicted molar refractivity (Wildman–Crippen MR) is 156 cm³/mol. The van der Waals surface area contributed by atoms with Crippen molar-refractivity contribution in [3.8, 4) is 0 Å². The minimum Gasteiger partial charge on any atom is -0.0695 e. The summed E-state index contributed by atoms with van der Waals surface area (Å²) in [5.74, 6) is 0. The normalized spacial score (nSPS) is 16.3. The average Bonchev–Trinajstić information content (AvgIpc) is 2.73. The summed E-state index contributed by atoms with van der Waals surface area (Å²) in [4.78, 5) is 0. The molecule has 0 amide bonds.